The summed E-state index contributed by atoms with van der Waals surface area (Å²) in [5.41, 5.74) is 0. The quantitative estimate of drug-likeness (QED) is 0.0196. The molecule has 0 heterocycles. The highest BCUT2D eigenvalue weighted by molar-refractivity contribution is 7.45. The molecule has 0 fully saturated rings. The molecule has 0 N–H and O–H groups in total. The largest absolute Gasteiger partial charge is 0.756 e. The highest BCUT2D eigenvalue weighted by Crippen LogP contribution is 2.38. The second kappa shape index (κ2) is 41.1. The number of hydrogen-bond donors (Lipinski definition) is 0. The van der Waals surface area contributed by atoms with Gasteiger partial charge in [0.2, 0.25) is 0 Å². The molecule has 58 heavy (non-hydrogen) atoms. The van der Waals surface area contributed by atoms with Gasteiger partial charge >= 0.3 is 11.9 Å². The molecule has 0 saturated heterocycles. The number of allylic oxidation sites excluding steroid dienone is 2. The van der Waals surface area contributed by atoms with E-state index in [0.717, 1.165) is 57.8 Å². The van der Waals surface area contributed by atoms with E-state index in [2.05, 4.69) is 26.0 Å². The number of phosphoric acid groups is 1. The van der Waals surface area contributed by atoms with Crippen molar-refractivity contribution in [3.8, 4) is 0 Å². The first kappa shape index (κ1) is 56.8. The number of ether oxygens (including phenoxy) is 2. The molecule has 344 valence electrons. The predicted molar refractivity (Wildman–Crippen MR) is 241 cm³/mol. The van der Waals surface area contributed by atoms with E-state index in [4.69, 9.17) is 18.5 Å². The van der Waals surface area contributed by atoms with Crippen molar-refractivity contribution >= 4 is 19.8 Å². The first-order valence-electron chi connectivity index (χ1n) is 24.4. The molecule has 0 amide bonds. The fourth-order valence-electron chi connectivity index (χ4n) is 6.93. The van der Waals surface area contributed by atoms with Crippen LogP contribution < -0.4 is 4.89 Å². The van der Waals surface area contributed by atoms with Crippen LogP contribution in [0.5, 0.6) is 0 Å². The van der Waals surface area contributed by atoms with Gasteiger partial charge in [-0.1, -0.05) is 199 Å². The van der Waals surface area contributed by atoms with E-state index in [1.165, 1.54) is 141 Å². The lowest BCUT2D eigenvalue weighted by atomic mass is 10.0. The van der Waals surface area contributed by atoms with E-state index in [-0.39, 0.29) is 32.0 Å². The van der Waals surface area contributed by atoms with Crippen LogP contribution in [-0.2, 0) is 32.7 Å². The van der Waals surface area contributed by atoms with Gasteiger partial charge in [0, 0.05) is 12.8 Å². The zero-order valence-corrected chi connectivity index (χ0v) is 39.7. The summed E-state index contributed by atoms with van der Waals surface area (Å²) in [6.45, 7) is 4.21. The molecule has 0 rings (SSSR count). The summed E-state index contributed by atoms with van der Waals surface area (Å²) in [6.07, 6.45) is 43.9. The van der Waals surface area contributed by atoms with Gasteiger partial charge in [-0.2, -0.15) is 0 Å². The molecule has 0 spiro atoms. The molecule has 2 atom stereocenters. The number of esters is 2. The molecule has 10 heteroatoms. The SMILES string of the molecule is CCCC/C=C/CCCCCCCC(=O)OC[C@H](COP(=O)([O-])OCC[N+](C)(C)C)OC(=O)CCCCCCCCCCCCCCCCCCCCCCCCC. The van der Waals surface area contributed by atoms with E-state index in [9.17, 15) is 19.0 Å². The monoisotopic (exact) mass is 844 g/mol. The Morgan fingerprint density at radius 1 is 0.517 bits per heavy atom. The third-order valence-electron chi connectivity index (χ3n) is 10.8. The standard InChI is InChI=1S/C48H94NO8P/c1-6-8-10-12-14-16-18-19-20-21-22-23-24-25-26-27-28-29-31-33-35-37-39-41-48(51)57-46(45-56-58(52,53)55-43-42-49(3,4)5)44-54-47(50)40-38-36-34-32-30-17-15-13-11-9-7-2/h13,15,46H,6-12,14,16-45H2,1-5H3/b15-13+/t46-/m1/s1. The van der Waals surface area contributed by atoms with Crippen molar-refractivity contribution in [3.63, 3.8) is 0 Å². The topological polar surface area (TPSA) is 111 Å². The normalized spacial score (nSPS) is 13.6. The van der Waals surface area contributed by atoms with Gasteiger partial charge in [0.25, 0.3) is 7.82 Å². The van der Waals surface area contributed by atoms with E-state index in [0.29, 0.717) is 17.4 Å². The summed E-state index contributed by atoms with van der Waals surface area (Å²) >= 11 is 0. The zero-order valence-electron chi connectivity index (χ0n) is 38.8. The van der Waals surface area contributed by atoms with Crippen LogP contribution >= 0.6 is 7.82 Å². The molecular formula is C48H94NO8P. The van der Waals surface area contributed by atoms with Gasteiger partial charge < -0.3 is 27.9 Å². The summed E-state index contributed by atoms with van der Waals surface area (Å²) in [5, 5.41) is 0. The van der Waals surface area contributed by atoms with Crippen LogP contribution in [0.2, 0.25) is 0 Å². The fourth-order valence-corrected chi connectivity index (χ4v) is 7.66. The molecule has 0 saturated carbocycles. The third-order valence-corrected chi connectivity index (χ3v) is 11.7. The minimum atomic E-state index is -4.62. The number of unbranched alkanes of at least 4 members (excludes halogenated alkanes) is 29. The average Bonchev–Trinajstić information content (AvgIpc) is 3.17. The van der Waals surface area contributed by atoms with Crippen molar-refractivity contribution in [2.24, 2.45) is 0 Å². The summed E-state index contributed by atoms with van der Waals surface area (Å²) in [6, 6.07) is 0. The minimum absolute atomic E-state index is 0.0289. The van der Waals surface area contributed by atoms with Crippen LogP contribution in [0.15, 0.2) is 12.2 Å². The highest BCUT2D eigenvalue weighted by atomic mass is 31.2. The van der Waals surface area contributed by atoms with Crippen molar-refractivity contribution in [1.82, 2.24) is 0 Å². The summed E-state index contributed by atoms with van der Waals surface area (Å²) < 4.78 is 33.9. The maximum absolute atomic E-state index is 12.7. The van der Waals surface area contributed by atoms with Crippen molar-refractivity contribution in [2.45, 2.75) is 238 Å². The Morgan fingerprint density at radius 2 is 0.897 bits per heavy atom. The van der Waals surface area contributed by atoms with E-state index < -0.39 is 26.5 Å². The molecular weight excluding hydrogens is 750 g/mol. The minimum Gasteiger partial charge on any atom is -0.756 e. The zero-order chi connectivity index (χ0) is 42.8. The molecule has 0 aromatic rings. The van der Waals surface area contributed by atoms with Gasteiger partial charge in [-0.3, -0.25) is 14.2 Å². The number of nitrogens with zero attached hydrogens (tertiary/aromatic N) is 1. The molecule has 9 nitrogen and oxygen atoms in total. The lowest BCUT2D eigenvalue weighted by Gasteiger charge is -2.28. The van der Waals surface area contributed by atoms with Gasteiger partial charge in [0.05, 0.1) is 27.7 Å². The van der Waals surface area contributed by atoms with Crippen LogP contribution in [0.4, 0.5) is 0 Å². The van der Waals surface area contributed by atoms with Gasteiger partial charge in [-0.15, -0.1) is 0 Å². The smallest absolute Gasteiger partial charge is 0.306 e. The molecule has 0 aromatic heterocycles. The third kappa shape index (κ3) is 44.3. The average molecular weight is 844 g/mol. The summed E-state index contributed by atoms with van der Waals surface area (Å²) in [4.78, 5) is 37.5. The van der Waals surface area contributed by atoms with Crippen LogP contribution in [0, 0.1) is 0 Å². The Bertz CT molecular complexity index is 1000. The number of carbonyl (C=O) groups is 2. The van der Waals surface area contributed by atoms with Gasteiger partial charge in [-0.05, 0) is 32.1 Å². The molecule has 0 aliphatic carbocycles. The Hall–Kier alpha value is -1.25. The molecule has 0 radical (unpaired) electrons. The van der Waals surface area contributed by atoms with Gasteiger partial charge in [0.1, 0.15) is 19.8 Å². The van der Waals surface area contributed by atoms with Crippen LogP contribution in [0.1, 0.15) is 232 Å². The van der Waals surface area contributed by atoms with E-state index in [1.807, 2.05) is 21.1 Å². The van der Waals surface area contributed by atoms with Gasteiger partial charge in [0.15, 0.2) is 6.10 Å². The second-order valence-electron chi connectivity index (χ2n) is 17.8. The highest BCUT2D eigenvalue weighted by Gasteiger charge is 2.21. The molecule has 0 aliphatic rings. The second-order valence-corrected chi connectivity index (χ2v) is 19.2. The maximum atomic E-state index is 12.7. The summed E-state index contributed by atoms with van der Waals surface area (Å²) in [5.74, 6) is -0.834. The molecule has 0 bridgehead atoms. The number of phosphoric ester groups is 1. The Balaban J connectivity index is 4.15. The first-order chi connectivity index (χ1) is 28.0. The molecule has 0 aromatic carbocycles. The lowest BCUT2D eigenvalue weighted by Crippen LogP contribution is -2.37. The number of hydrogen-bond acceptors (Lipinski definition) is 8. The van der Waals surface area contributed by atoms with Gasteiger partial charge in [-0.25, -0.2) is 0 Å². The Labute approximate surface area is 358 Å². The van der Waals surface area contributed by atoms with Crippen molar-refractivity contribution < 1.29 is 42.1 Å². The Morgan fingerprint density at radius 3 is 1.33 bits per heavy atom. The number of rotatable bonds is 45. The van der Waals surface area contributed by atoms with Crippen LogP contribution in [0.3, 0.4) is 0 Å². The van der Waals surface area contributed by atoms with Crippen LogP contribution in [-0.4, -0.2) is 70.0 Å². The molecule has 0 aliphatic heterocycles. The number of likely N-dealkylation sites (N-methyl/N-ethyl adjacent to an activating group) is 1. The van der Waals surface area contributed by atoms with Crippen molar-refractivity contribution in [3.05, 3.63) is 12.2 Å². The molecule has 1 unspecified atom stereocenters. The van der Waals surface area contributed by atoms with Crippen molar-refractivity contribution in [1.29, 1.82) is 0 Å². The van der Waals surface area contributed by atoms with Crippen LogP contribution in [0.25, 0.3) is 0 Å². The number of carbonyl (C=O) groups excluding carboxylic acids is 2. The fraction of sp³-hybridized carbons (Fsp3) is 0.917. The Kier molecular flexibility index (Phi) is 40.2. The van der Waals surface area contributed by atoms with E-state index >= 15 is 0 Å². The number of quaternary nitrogens is 1. The lowest BCUT2D eigenvalue weighted by molar-refractivity contribution is -0.870. The predicted octanol–water partition coefficient (Wildman–Crippen LogP) is 13.5. The maximum Gasteiger partial charge on any atom is 0.306 e. The first-order valence-corrected chi connectivity index (χ1v) is 25.9. The van der Waals surface area contributed by atoms with E-state index in [1.54, 1.807) is 0 Å². The summed E-state index contributed by atoms with van der Waals surface area (Å²) in [7, 11) is 1.17. The van der Waals surface area contributed by atoms with Crippen molar-refractivity contribution in [2.75, 3.05) is 47.5 Å².